The predicted octanol–water partition coefficient (Wildman–Crippen LogP) is 1.96. The van der Waals surface area contributed by atoms with Crippen molar-refractivity contribution < 1.29 is 9.47 Å². The molecule has 0 bridgehead atoms. The van der Waals surface area contributed by atoms with Gasteiger partial charge >= 0.3 is 0 Å². The van der Waals surface area contributed by atoms with Crippen LogP contribution < -0.4 is 5.32 Å². The summed E-state index contributed by atoms with van der Waals surface area (Å²) in [5, 5.41) is 3.57. The molecule has 1 atom stereocenters. The molecule has 1 saturated carbocycles. The van der Waals surface area contributed by atoms with Crippen LogP contribution in [0, 0.1) is 5.92 Å². The fourth-order valence-corrected chi connectivity index (χ4v) is 3.12. The highest BCUT2D eigenvalue weighted by Gasteiger charge is 2.48. The Morgan fingerprint density at radius 3 is 2.50 bits per heavy atom. The second-order valence-corrected chi connectivity index (χ2v) is 5.75. The number of rotatable bonds is 3. The molecule has 1 aliphatic heterocycles. The molecular formula is C13H25NO2. The number of hydrogen-bond acceptors (Lipinski definition) is 3. The first-order chi connectivity index (χ1) is 7.63. The van der Waals surface area contributed by atoms with E-state index in [1.54, 1.807) is 7.11 Å². The van der Waals surface area contributed by atoms with E-state index in [0.717, 1.165) is 13.1 Å². The topological polar surface area (TPSA) is 30.5 Å². The summed E-state index contributed by atoms with van der Waals surface area (Å²) >= 11 is 0. The Labute approximate surface area is 98.9 Å². The molecule has 0 radical (unpaired) electrons. The minimum absolute atomic E-state index is 0.0983. The van der Waals surface area contributed by atoms with Crippen LogP contribution in [0.25, 0.3) is 0 Å². The maximum atomic E-state index is 6.54. The fraction of sp³-hybridized carbons (Fsp3) is 1.00. The predicted molar refractivity (Wildman–Crippen MR) is 64.6 cm³/mol. The summed E-state index contributed by atoms with van der Waals surface area (Å²) in [7, 11) is 1.77. The highest BCUT2D eigenvalue weighted by molar-refractivity contribution is 5.00. The molecule has 3 heteroatoms. The number of morpholine rings is 1. The lowest BCUT2D eigenvalue weighted by Crippen LogP contribution is -2.63. The van der Waals surface area contributed by atoms with Gasteiger partial charge in [-0.3, -0.25) is 0 Å². The second-order valence-electron chi connectivity index (χ2n) is 5.75. The van der Waals surface area contributed by atoms with E-state index in [1.165, 1.54) is 25.7 Å². The van der Waals surface area contributed by atoms with Crippen molar-refractivity contribution in [3.63, 3.8) is 0 Å². The third kappa shape index (κ3) is 2.13. The van der Waals surface area contributed by atoms with Crippen molar-refractivity contribution in [1.82, 2.24) is 5.32 Å². The van der Waals surface area contributed by atoms with Gasteiger partial charge in [-0.1, -0.05) is 26.7 Å². The fourth-order valence-electron chi connectivity index (χ4n) is 3.12. The molecule has 0 aromatic rings. The molecule has 0 aromatic carbocycles. The SMILES string of the molecule is COCC1(C(C)C)CNCC2(CCCC2)O1. The van der Waals surface area contributed by atoms with Gasteiger partial charge in [0.05, 0.1) is 12.2 Å². The Morgan fingerprint density at radius 1 is 1.25 bits per heavy atom. The molecular weight excluding hydrogens is 202 g/mol. The van der Waals surface area contributed by atoms with Gasteiger partial charge in [0.15, 0.2) is 0 Å². The smallest absolute Gasteiger partial charge is 0.107 e. The molecule has 3 nitrogen and oxygen atoms in total. The Bertz CT molecular complexity index is 232. The zero-order valence-corrected chi connectivity index (χ0v) is 10.8. The van der Waals surface area contributed by atoms with Crippen molar-refractivity contribution in [3.05, 3.63) is 0 Å². The highest BCUT2D eigenvalue weighted by Crippen LogP contribution is 2.40. The Morgan fingerprint density at radius 2 is 1.94 bits per heavy atom. The minimum atomic E-state index is -0.128. The maximum Gasteiger partial charge on any atom is 0.107 e. The van der Waals surface area contributed by atoms with Crippen LogP contribution in [-0.4, -0.2) is 38.0 Å². The van der Waals surface area contributed by atoms with E-state index in [4.69, 9.17) is 9.47 Å². The summed E-state index contributed by atoms with van der Waals surface area (Å²) in [6.07, 6.45) is 5.03. The summed E-state index contributed by atoms with van der Waals surface area (Å²) in [4.78, 5) is 0. The van der Waals surface area contributed by atoms with Crippen LogP contribution in [0.2, 0.25) is 0 Å². The summed E-state index contributed by atoms with van der Waals surface area (Å²) in [6.45, 7) is 7.09. The van der Waals surface area contributed by atoms with Crippen LogP contribution in [0.15, 0.2) is 0 Å². The molecule has 94 valence electrons. The monoisotopic (exact) mass is 227 g/mol. The van der Waals surface area contributed by atoms with Gasteiger partial charge in [0.25, 0.3) is 0 Å². The molecule has 1 N–H and O–H groups in total. The van der Waals surface area contributed by atoms with Gasteiger partial charge in [0, 0.05) is 20.2 Å². The normalized spacial score (nSPS) is 33.8. The molecule has 1 heterocycles. The quantitative estimate of drug-likeness (QED) is 0.799. The van der Waals surface area contributed by atoms with Gasteiger partial charge in [0.1, 0.15) is 5.60 Å². The lowest BCUT2D eigenvalue weighted by atomic mass is 9.86. The average Bonchev–Trinajstić information content (AvgIpc) is 2.66. The average molecular weight is 227 g/mol. The van der Waals surface area contributed by atoms with Gasteiger partial charge in [-0.2, -0.15) is 0 Å². The van der Waals surface area contributed by atoms with Gasteiger partial charge in [-0.25, -0.2) is 0 Å². The van der Waals surface area contributed by atoms with Crippen LogP contribution >= 0.6 is 0 Å². The maximum absolute atomic E-state index is 6.54. The van der Waals surface area contributed by atoms with Crippen LogP contribution in [0.1, 0.15) is 39.5 Å². The number of methoxy groups -OCH3 is 1. The first kappa shape index (κ1) is 12.3. The number of hydrogen-bond donors (Lipinski definition) is 1. The summed E-state index contributed by atoms with van der Waals surface area (Å²) in [5.41, 5.74) is -0.0294. The van der Waals surface area contributed by atoms with E-state index in [9.17, 15) is 0 Å². The Hall–Kier alpha value is -0.120. The number of nitrogens with one attached hydrogen (secondary N) is 1. The Balaban J connectivity index is 2.13. The summed E-state index contributed by atoms with van der Waals surface area (Å²) < 4.78 is 11.9. The third-order valence-electron chi connectivity index (χ3n) is 4.25. The molecule has 2 fully saturated rings. The lowest BCUT2D eigenvalue weighted by molar-refractivity contribution is -0.213. The van der Waals surface area contributed by atoms with Crippen LogP contribution in [0.4, 0.5) is 0 Å². The van der Waals surface area contributed by atoms with Crippen molar-refractivity contribution in [1.29, 1.82) is 0 Å². The molecule has 0 aromatic heterocycles. The van der Waals surface area contributed by atoms with E-state index >= 15 is 0 Å². The second kappa shape index (κ2) is 4.63. The molecule has 16 heavy (non-hydrogen) atoms. The summed E-state index contributed by atoms with van der Waals surface area (Å²) in [5.74, 6) is 0.484. The molecule has 2 rings (SSSR count). The van der Waals surface area contributed by atoms with Crippen molar-refractivity contribution in [2.24, 2.45) is 5.92 Å². The van der Waals surface area contributed by atoms with Crippen LogP contribution in [0.5, 0.6) is 0 Å². The zero-order valence-electron chi connectivity index (χ0n) is 10.8. The van der Waals surface area contributed by atoms with Crippen LogP contribution in [0.3, 0.4) is 0 Å². The first-order valence-electron chi connectivity index (χ1n) is 6.52. The standard InChI is InChI=1S/C13H25NO2/c1-11(2)13(10-15-3)9-14-8-12(16-13)6-4-5-7-12/h11,14H,4-10H2,1-3H3. The van der Waals surface area contributed by atoms with E-state index in [2.05, 4.69) is 19.2 Å². The van der Waals surface area contributed by atoms with Crippen molar-refractivity contribution in [3.8, 4) is 0 Å². The van der Waals surface area contributed by atoms with Gasteiger partial charge < -0.3 is 14.8 Å². The molecule has 1 spiro atoms. The van der Waals surface area contributed by atoms with Crippen molar-refractivity contribution >= 4 is 0 Å². The summed E-state index contributed by atoms with van der Waals surface area (Å²) in [6, 6.07) is 0. The van der Waals surface area contributed by atoms with E-state index in [-0.39, 0.29) is 11.2 Å². The largest absolute Gasteiger partial charge is 0.382 e. The molecule has 1 unspecified atom stereocenters. The Kier molecular flexibility index (Phi) is 3.57. The van der Waals surface area contributed by atoms with Crippen LogP contribution in [-0.2, 0) is 9.47 Å². The van der Waals surface area contributed by atoms with E-state index in [1.807, 2.05) is 0 Å². The van der Waals surface area contributed by atoms with Gasteiger partial charge in [-0.05, 0) is 18.8 Å². The lowest BCUT2D eigenvalue weighted by Gasteiger charge is -2.49. The molecule has 1 aliphatic carbocycles. The number of ether oxygens (including phenoxy) is 2. The van der Waals surface area contributed by atoms with Gasteiger partial charge in [-0.15, -0.1) is 0 Å². The highest BCUT2D eigenvalue weighted by atomic mass is 16.6. The zero-order chi connectivity index (χ0) is 11.6. The molecule has 2 aliphatic rings. The van der Waals surface area contributed by atoms with Gasteiger partial charge in [0.2, 0.25) is 0 Å². The third-order valence-corrected chi connectivity index (χ3v) is 4.25. The van der Waals surface area contributed by atoms with E-state index in [0.29, 0.717) is 12.5 Å². The molecule has 1 saturated heterocycles. The van der Waals surface area contributed by atoms with Crippen molar-refractivity contribution in [2.45, 2.75) is 50.7 Å². The minimum Gasteiger partial charge on any atom is -0.382 e. The van der Waals surface area contributed by atoms with Crippen molar-refractivity contribution in [2.75, 3.05) is 26.8 Å². The first-order valence-corrected chi connectivity index (χ1v) is 6.52. The van der Waals surface area contributed by atoms with E-state index < -0.39 is 0 Å². The molecule has 0 amide bonds.